The first kappa shape index (κ1) is 12.8. The predicted octanol–water partition coefficient (Wildman–Crippen LogP) is 2.84. The molecule has 1 atom stereocenters. The van der Waals surface area contributed by atoms with Gasteiger partial charge in [-0.2, -0.15) is 11.8 Å². The van der Waals surface area contributed by atoms with E-state index in [4.69, 9.17) is 5.73 Å². The fourth-order valence-corrected chi connectivity index (χ4v) is 2.72. The predicted molar refractivity (Wildman–Crippen MR) is 72.9 cm³/mol. The van der Waals surface area contributed by atoms with E-state index >= 15 is 0 Å². The van der Waals surface area contributed by atoms with Gasteiger partial charge in [0.1, 0.15) is 5.82 Å². The van der Waals surface area contributed by atoms with E-state index < -0.39 is 0 Å². The highest BCUT2D eigenvalue weighted by molar-refractivity contribution is 7.99. The number of rotatable bonds is 3. The van der Waals surface area contributed by atoms with Crippen LogP contribution in [0.2, 0.25) is 0 Å². The van der Waals surface area contributed by atoms with Crippen molar-refractivity contribution in [3.8, 4) is 0 Å². The monoisotopic (exact) mass is 251 g/mol. The first-order valence-electron chi connectivity index (χ1n) is 6.38. The highest BCUT2D eigenvalue weighted by Crippen LogP contribution is 2.25. The van der Waals surface area contributed by atoms with E-state index in [1.54, 1.807) is 0 Å². The van der Waals surface area contributed by atoms with Gasteiger partial charge in [-0.1, -0.05) is 20.3 Å². The second-order valence-electron chi connectivity index (χ2n) is 4.90. The Hall–Kier alpha value is -0.610. The topological polar surface area (TPSA) is 51.8 Å². The van der Waals surface area contributed by atoms with Crippen molar-refractivity contribution in [2.24, 2.45) is 5.73 Å². The number of nitrogens with two attached hydrogens (primary N) is 1. The SMILES string of the molecule is CC(C)SCc1ncc2c(n1)CCCCC2N. The molecule has 17 heavy (non-hydrogen) atoms. The lowest BCUT2D eigenvalue weighted by molar-refractivity contribution is 0.614. The molecule has 0 saturated carbocycles. The highest BCUT2D eigenvalue weighted by Gasteiger charge is 2.17. The Morgan fingerprint density at radius 1 is 1.47 bits per heavy atom. The van der Waals surface area contributed by atoms with Crippen LogP contribution in [-0.2, 0) is 12.2 Å². The van der Waals surface area contributed by atoms with Crippen molar-refractivity contribution in [2.75, 3.05) is 0 Å². The maximum absolute atomic E-state index is 6.13. The van der Waals surface area contributed by atoms with Crippen LogP contribution in [0.25, 0.3) is 0 Å². The summed E-state index contributed by atoms with van der Waals surface area (Å²) < 4.78 is 0. The Morgan fingerprint density at radius 2 is 2.29 bits per heavy atom. The van der Waals surface area contributed by atoms with Crippen molar-refractivity contribution >= 4 is 11.8 Å². The van der Waals surface area contributed by atoms with Crippen molar-refractivity contribution in [3.63, 3.8) is 0 Å². The van der Waals surface area contributed by atoms with Gasteiger partial charge in [0.15, 0.2) is 0 Å². The van der Waals surface area contributed by atoms with Crippen molar-refractivity contribution in [3.05, 3.63) is 23.3 Å². The summed E-state index contributed by atoms with van der Waals surface area (Å²) in [5, 5.41) is 0.625. The van der Waals surface area contributed by atoms with Gasteiger partial charge in [0, 0.05) is 23.5 Å². The molecule has 4 heteroatoms. The van der Waals surface area contributed by atoms with E-state index in [0.29, 0.717) is 5.25 Å². The third-order valence-electron chi connectivity index (χ3n) is 3.07. The van der Waals surface area contributed by atoms with E-state index in [2.05, 4.69) is 23.8 Å². The molecule has 0 saturated heterocycles. The van der Waals surface area contributed by atoms with Gasteiger partial charge in [-0.25, -0.2) is 9.97 Å². The number of aryl methyl sites for hydroxylation is 1. The average Bonchev–Trinajstić information content (AvgIpc) is 2.49. The summed E-state index contributed by atoms with van der Waals surface area (Å²) in [6, 6.07) is 0.138. The quantitative estimate of drug-likeness (QED) is 0.839. The van der Waals surface area contributed by atoms with Gasteiger partial charge in [0.25, 0.3) is 0 Å². The van der Waals surface area contributed by atoms with Crippen LogP contribution >= 0.6 is 11.8 Å². The minimum Gasteiger partial charge on any atom is -0.324 e. The first-order chi connectivity index (χ1) is 8.16. The van der Waals surface area contributed by atoms with Gasteiger partial charge in [-0.3, -0.25) is 0 Å². The Morgan fingerprint density at radius 3 is 3.06 bits per heavy atom. The van der Waals surface area contributed by atoms with E-state index in [9.17, 15) is 0 Å². The summed E-state index contributed by atoms with van der Waals surface area (Å²) in [5.41, 5.74) is 8.49. The van der Waals surface area contributed by atoms with Crippen LogP contribution in [0.15, 0.2) is 6.20 Å². The third-order valence-corrected chi connectivity index (χ3v) is 4.17. The van der Waals surface area contributed by atoms with Crippen molar-refractivity contribution in [2.45, 2.75) is 56.6 Å². The van der Waals surface area contributed by atoms with Crippen molar-refractivity contribution in [1.82, 2.24) is 9.97 Å². The molecule has 1 unspecified atom stereocenters. The summed E-state index contributed by atoms with van der Waals surface area (Å²) in [6.07, 6.45) is 6.48. The molecular formula is C13H21N3S. The minimum atomic E-state index is 0.138. The summed E-state index contributed by atoms with van der Waals surface area (Å²) >= 11 is 1.88. The number of hydrogen-bond donors (Lipinski definition) is 1. The van der Waals surface area contributed by atoms with Crippen LogP contribution in [0.1, 0.15) is 56.2 Å². The number of nitrogens with zero attached hydrogens (tertiary/aromatic N) is 2. The minimum absolute atomic E-state index is 0.138. The normalized spacial score (nSPS) is 20.1. The Kier molecular flexibility index (Phi) is 4.40. The maximum Gasteiger partial charge on any atom is 0.138 e. The molecule has 0 amide bonds. The molecule has 0 bridgehead atoms. The van der Waals surface area contributed by atoms with E-state index in [1.807, 2.05) is 18.0 Å². The first-order valence-corrected chi connectivity index (χ1v) is 7.43. The van der Waals surface area contributed by atoms with Crippen molar-refractivity contribution in [1.29, 1.82) is 0 Å². The van der Waals surface area contributed by atoms with E-state index in [1.165, 1.54) is 24.1 Å². The Labute approximate surface area is 108 Å². The Bertz CT molecular complexity index is 379. The number of hydrogen-bond acceptors (Lipinski definition) is 4. The smallest absolute Gasteiger partial charge is 0.138 e. The zero-order valence-electron chi connectivity index (χ0n) is 10.6. The van der Waals surface area contributed by atoms with E-state index in [-0.39, 0.29) is 6.04 Å². The van der Waals surface area contributed by atoms with Crippen molar-refractivity contribution < 1.29 is 0 Å². The standard InChI is InChI=1S/C13H21N3S/c1-9(2)17-8-13-15-7-10-11(14)5-3-4-6-12(10)16-13/h7,9,11H,3-6,8,14H2,1-2H3. The fraction of sp³-hybridized carbons (Fsp3) is 0.692. The molecule has 0 spiro atoms. The molecule has 3 nitrogen and oxygen atoms in total. The molecule has 0 fully saturated rings. The summed E-state index contributed by atoms with van der Waals surface area (Å²) in [4.78, 5) is 9.13. The Balaban J connectivity index is 2.15. The van der Waals surface area contributed by atoms with E-state index in [0.717, 1.165) is 24.4 Å². The highest BCUT2D eigenvalue weighted by atomic mass is 32.2. The number of aromatic nitrogens is 2. The van der Waals surface area contributed by atoms with Crippen LogP contribution in [-0.4, -0.2) is 15.2 Å². The van der Waals surface area contributed by atoms with Crippen LogP contribution < -0.4 is 5.73 Å². The van der Waals surface area contributed by atoms with Crippen LogP contribution in [0, 0.1) is 0 Å². The van der Waals surface area contributed by atoms with Gasteiger partial charge in [-0.05, 0) is 24.5 Å². The van der Waals surface area contributed by atoms with Gasteiger partial charge in [0.05, 0.1) is 5.75 Å². The molecule has 2 N–H and O–H groups in total. The molecule has 0 aliphatic heterocycles. The molecule has 1 aromatic rings. The lowest BCUT2D eigenvalue weighted by Gasteiger charge is -2.12. The third kappa shape index (κ3) is 3.42. The molecular weight excluding hydrogens is 230 g/mol. The summed E-state index contributed by atoms with van der Waals surface area (Å²) in [6.45, 7) is 4.40. The largest absolute Gasteiger partial charge is 0.324 e. The lowest BCUT2D eigenvalue weighted by Crippen LogP contribution is -2.13. The second-order valence-corrected chi connectivity index (χ2v) is 6.47. The summed E-state index contributed by atoms with van der Waals surface area (Å²) in [7, 11) is 0. The lowest BCUT2D eigenvalue weighted by atomic mass is 10.1. The molecule has 1 aromatic heterocycles. The molecule has 2 rings (SSSR count). The molecule has 0 aromatic carbocycles. The van der Waals surface area contributed by atoms with Gasteiger partial charge in [-0.15, -0.1) is 0 Å². The fourth-order valence-electron chi connectivity index (χ4n) is 2.10. The molecule has 1 aliphatic carbocycles. The second kappa shape index (κ2) is 5.83. The number of thioether (sulfide) groups is 1. The maximum atomic E-state index is 6.13. The molecule has 0 radical (unpaired) electrons. The van der Waals surface area contributed by atoms with Gasteiger partial charge < -0.3 is 5.73 Å². The van der Waals surface area contributed by atoms with Crippen LogP contribution in [0.4, 0.5) is 0 Å². The molecule has 1 aliphatic rings. The average molecular weight is 251 g/mol. The zero-order chi connectivity index (χ0) is 12.3. The summed E-state index contributed by atoms with van der Waals surface area (Å²) in [5.74, 6) is 1.86. The van der Waals surface area contributed by atoms with Crippen LogP contribution in [0.5, 0.6) is 0 Å². The number of fused-ring (bicyclic) bond motifs is 1. The molecule has 1 heterocycles. The van der Waals surface area contributed by atoms with Gasteiger partial charge >= 0.3 is 0 Å². The zero-order valence-corrected chi connectivity index (χ0v) is 11.5. The van der Waals surface area contributed by atoms with Gasteiger partial charge in [0.2, 0.25) is 0 Å². The van der Waals surface area contributed by atoms with Crippen LogP contribution in [0.3, 0.4) is 0 Å². The molecule has 94 valence electrons.